The molecule has 0 spiro atoms. The number of likely N-dealkylation sites (N-methyl/N-ethyl adjacent to an activating group) is 1. The second-order valence-corrected chi connectivity index (χ2v) is 5.30. The number of nitrogens with zero attached hydrogens (tertiary/aromatic N) is 3. The van der Waals surface area contributed by atoms with Crippen molar-refractivity contribution in [2.45, 2.75) is 0 Å². The van der Waals surface area contributed by atoms with Crippen LogP contribution < -0.4 is 10.3 Å². The van der Waals surface area contributed by atoms with E-state index in [1.54, 1.807) is 6.07 Å². The summed E-state index contributed by atoms with van der Waals surface area (Å²) < 4.78 is 0. The minimum absolute atomic E-state index is 0.0691. The number of piperazine rings is 1. The Morgan fingerprint density at radius 1 is 1.19 bits per heavy atom. The van der Waals surface area contributed by atoms with Crippen molar-refractivity contribution in [3.8, 4) is 0 Å². The molecule has 7 nitrogen and oxygen atoms in total. The summed E-state index contributed by atoms with van der Waals surface area (Å²) in [6, 6.07) is 5.85. The summed E-state index contributed by atoms with van der Waals surface area (Å²) in [6.45, 7) is 3.59. The number of benzene rings is 1. The van der Waals surface area contributed by atoms with Crippen molar-refractivity contribution < 1.29 is 4.92 Å². The number of aromatic nitrogens is 1. The number of nitro benzene ring substituents is 1. The van der Waals surface area contributed by atoms with Gasteiger partial charge in [-0.15, -0.1) is 0 Å². The van der Waals surface area contributed by atoms with Crippen molar-refractivity contribution in [1.29, 1.82) is 0 Å². The van der Waals surface area contributed by atoms with Gasteiger partial charge in [-0.05, 0) is 13.1 Å². The molecule has 1 aromatic carbocycles. The molecular formula is C14H16N4O3. The highest BCUT2D eigenvalue weighted by Gasteiger charge is 2.16. The molecule has 1 saturated heterocycles. The van der Waals surface area contributed by atoms with E-state index in [4.69, 9.17) is 0 Å². The summed E-state index contributed by atoms with van der Waals surface area (Å²) >= 11 is 0. The number of nitro groups is 1. The van der Waals surface area contributed by atoms with Crippen molar-refractivity contribution >= 4 is 22.4 Å². The third-order valence-corrected chi connectivity index (χ3v) is 3.85. The Morgan fingerprint density at radius 3 is 2.57 bits per heavy atom. The van der Waals surface area contributed by atoms with E-state index >= 15 is 0 Å². The first-order valence-electron chi connectivity index (χ1n) is 6.79. The standard InChI is InChI=1S/C14H16N4O3/c1-16-4-6-17(7-5-16)14-9-13(19)11-8-10(18(20)21)2-3-12(11)15-14/h2-3,8-9H,4-7H2,1H3,(H,15,19). The summed E-state index contributed by atoms with van der Waals surface area (Å²) in [5.41, 5.74) is 0.365. The van der Waals surface area contributed by atoms with Gasteiger partial charge in [0.25, 0.3) is 5.69 Å². The van der Waals surface area contributed by atoms with Crippen LogP contribution in [0.5, 0.6) is 0 Å². The third kappa shape index (κ3) is 2.59. The van der Waals surface area contributed by atoms with E-state index in [0.29, 0.717) is 10.9 Å². The Morgan fingerprint density at radius 2 is 1.90 bits per heavy atom. The molecule has 1 aliphatic rings. The number of fused-ring (bicyclic) bond motifs is 1. The molecule has 21 heavy (non-hydrogen) atoms. The molecule has 2 heterocycles. The molecule has 0 radical (unpaired) electrons. The average molecular weight is 288 g/mol. The number of aromatic amines is 1. The third-order valence-electron chi connectivity index (χ3n) is 3.85. The van der Waals surface area contributed by atoms with E-state index in [1.165, 1.54) is 18.2 Å². The van der Waals surface area contributed by atoms with Crippen molar-refractivity contribution in [2.75, 3.05) is 38.1 Å². The van der Waals surface area contributed by atoms with Crippen LogP contribution in [0.25, 0.3) is 10.9 Å². The van der Waals surface area contributed by atoms with Crippen molar-refractivity contribution in [1.82, 2.24) is 9.88 Å². The molecule has 1 N–H and O–H groups in total. The fraction of sp³-hybridized carbons (Fsp3) is 0.357. The van der Waals surface area contributed by atoms with E-state index in [-0.39, 0.29) is 11.1 Å². The number of nitrogens with one attached hydrogen (secondary N) is 1. The average Bonchev–Trinajstić information content (AvgIpc) is 2.47. The summed E-state index contributed by atoms with van der Waals surface area (Å²) in [4.78, 5) is 30.1. The molecule has 0 bridgehead atoms. The zero-order valence-corrected chi connectivity index (χ0v) is 11.7. The quantitative estimate of drug-likeness (QED) is 0.663. The SMILES string of the molecule is CN1CCN(c2cc(=O)c3cc([N+](=O)[O-])ccc3[nH]2)CC1. The molecule has 0 saturated carbocycles. The zero-order valence-electron chi connectivity index (χ0n) is 11.7. The van der Waals surface area contributed by atoms with Gasteiger partial charge in [0.05, 0.1) is 15.8 Å². The second-order valence-electron chi connectivity index (χ2n) is 5.30. The second kappa shape index (κ2) is 5.17. The van der Waals surface area contributed by atoms with Crippen LogP contribution in [-0.2, 0) is 0 Å². The van der Waals surface area contributed by atoms with E-state index < -0.39 is 4.92 Å². The molecule has 0 amide bonds. The Labute approximate surface area is 120 Å². The van der Waals surface area contributed by atoms with Gasteiger partial charge in [0.15, 0.2) is 5.43 Å². The van der Waals surface area contributed by atoms with Gasteiger partial charge in [0, 0.05) is 44.4 Å². The van der Waals surface area contributed by atoms with Crippen LogP contribution in [0, 0.1) is 10.1 Å². The maximum atomic E-state index is 12.2. The number of hydrogen-bond donors (Lipinski definition) is 1. The number of H-pyrrole nitrogens is 1. The first-order valence-corrected chi connectivity index (χ1v) is 6.79. The molecule has 0 aliphatic carbocycles. The molecule has 7 heteroatoms. The van der Waals surface area contributed by atoms with Gasteiger partial charge in [0.1, 0.15) is 5.82 Å². The van der Waals surface area contributed by atoms with Gasteiger partial charge >= 0.3 is 0 Å². The molecule has 110 valence electrons. The molecule has 3 rings (SSSR count). The van der Waals surface area contributed by atoms with Gasteiger partial charge in [-0.1, -0.05) is 0 Å². The van der Waals surface area contributed by atoms with Crippen LogP contribution in [0.15, 0.2) is 29.1 Å². The lowest BCUT2D eigenvalue weighted by atomic mass is 10.2. The number of anilines is 1. The molecule has 0 atom stereocenters. The highest BCUT2D eigenvalue weighted by Crippen LogP contribution is 2.20. The predicted molar refractivity (Wildman–Crippen MR) is 80.9 cm³/mol. The Hall–Kier alpha value is -2.41. The van der Waals surface area contributed by atoms with Crippen LogP contribution in [0.3, 0.4) is 0 Å². The Bertz CT molecular complexity index is 747. The molecule has 1 aromatic heterocycles. The molecule has 0 unspecified atom stereocenters. The maximum Gasteiger partial charge on any atom is 0.270 e. The van der Waals surface area contributed by atoms with Crippen LogP contribution >= 0.6 is 0 Å². The van der Waals surface area contributed by atoms with E-state index in [0.717, 1.165) is 32.0 Å². The lowest BCUT2D eigenvalue weighted by Gasteiger charge is -2.33. The smallest absolute Gasteiger partial charge is 0.270 e. The highest BCUT2D eigenvalue weighted by atomic mass is 16.6. The van der Waals surface area contributed by atoms with Crippen molar-refractivity contribution in [2.24, 2.45) is 0 Å². The topological polar surface area (TPSA) is 82.5 Å². The molecule has 1 aliphatic heterocycles. The summed E-state index contributed by atoms with van der Waals surface area (Å²) in [6.07, 6.45) is 0. The van der Waals surface area contributed by atoms with Crippen LogP contribution in [0.1, 0.15) is 0 Å². The predicted octanol–water partition coefficient (Wildman–Crippen LogP) is 1.19. The number of rotatable bonds is 2. The highest BCUT2D eigenvalue weighted by molar-refractivity contribution is 5.82. The normalized spacial score (nSPS) is 16.3. The van der Waals surface area contributed by atoms with Gasteiger partial charge in [-0.3, -0.25) is 14.9 Å². The monoisotopic (exact) mass is 288 g/mol. The zero-order chi connectivity index (χ0) is 15.0. The van der Waals surface area contributed by atoms with E-state index in [2.05, 4.69) is 21.8 Å². The summed E-state index contributed by atoms with van der Waals surface area (Å²) in [5, 5.41) is 11.1. The fourth-order valence-electron chi connectivity index (χ4n) is 2.55. The van der Waals surface area contributed by atoms with Crippen LogP contribution in [0.4, 0.5) is 11.5 Å². The number of hydrogen-bond acceptors (Lipinski definition) is 5. The summed E-state index contributed by atoms with van der Waals surface area (Å²) in [7, 11) is 2.07. The minimum atomic E-state index is -0.493. The maximum absolute atomic E-state index is 12.2. The Kier molecular flexibility index (Phi) is 3.34. The van der Waals surface area contributed by atoms with E-state index in [9.17, 15) is 14.9 Å². The fourth-order valence-corrected chi connectivity index (χ4v) is 2.55. The van der Waals surface area contributed by atoms with Crippen molar-refractivity contribution in [3.63, 3.8) is 0 Å². The number of non-ortho nitro benzene ring substituents is 1. The van der Waals surface area contributed by atoms with E-state index in [1.807, 2.05) is 0 Å². The first-order chi connectivity index (χ1) is 10.0. The molecule has 1 fully saturated rings. The summed E-state index contributed by atoms with van der Waals surface area (Å²) in [5.74, 6) is 0.773. The largest absolute Gasteiger partial charge is 0.355 e. The van der Waals surface area contributed by atoms with Gasteiger partial charge in [-0.25, -0.2) is 0 Å². The van der Waals surface area contributed by atoms with Gasteiger partial charge < -0.3 is 14.8 Å². The van der Waals surface area contributed by atoms with Crippen molar-refractivity contribution in [3.05, 3.63) is 44.6 Å². The van der Waals surface area contributed by atoms with Gasteiger partial charge in [-0.2, -0.15) is 0 Å². The number of pyridine rings is 1. The minimum Gasteiger partial charge on any atom is -0.355 e. The Balaban J connectivity index is 2.01. The lowest BCUT2D eigenvalue weighted by Crippen LogP contribution is -2.45. The molecule has 2 aromatic rings. The van der Waals surface area contributed by atoms with Crippen LogP contribution in [-0.4, -0.2) is 48.0 Å². The molecular weight excluding hydrogens is 272 g/mol. The lowest BCUT2D eigenvalue weighted by molar-refractivity contribution is -0.384. The first kappa shape index (κ1) is 13.6. The van der Waals surface area contributed by atoms with Crippen LogP contribution in [0.2, 0.25) is 0 Å². The van der Waals surface area contributed by atoms with Gasteiger partial charge in [0.2, 0.25) is 0 Å².